The van der Waals surface area contributed by atoms with E-state index in [9.17, 15) is 0 Å². The van der Waals surface area contributed by atoms with E-state index in [1.807, 2.05) is 6.92 Å². The minimum atomic E-state index is 0.500. The zero-order valence-electron chi connectivity index (χ0n) is 7.02. The molecular formula is C8H16O2. The standard InChI is InChI=1S/C5H10.C3H6O2/c1-4-5(2)3;1-2-5-3-4-1/h4H,1-3H3;1-3H2. The van der Waals surface area contributed by atoms with Crippen LogP contribution in [0.1, 0.15) is 20.8 Å². The van der Waals surface area contributed by atoms with E-state index < -0.39 is 0 Å². The van der Waals surface area contributed by atoms with E-state index in [2.05, 4.69) is 19.9 Å². The first kappa shape index (κ1) is 9.66. The largest absolute Gasteiger partial charge is 0.353 e. The molecule has 1 aliphatic heterocycles. The van der Waals surface area contributed by atoms with Gasteiger partial charge in [0.05, 0.1) is 13.2 Å². The molecule has 1 heterocycles. The van der Waals surface area contributed by atoms with Gasteiger partial charge in [-0.1, -0.05) is 11.6 Å². The third kappa shape index (κ3) is 7.66. The Morgan fingerprint density at radius 1 is 1.20 bits per heavy atom. The molecule has 0 aromatic heterocycles. The molecule has 0 saturated carbocycles. The lowest BCUT2D eigenvalue weighted by molar-refractivity contribution is 0.0692. The van der Waals surface area contributed by atoms with Crippen LogP contribution in [0.5, 0.6) is 0 Å². The summed E-state index contributed by atoms with van der Waals surface area (Å²) in [6.45, 7) is 8.26. The van der Waals surface area contributed by atoms with Crippen molar-refractivity contribution in [1.82, 2.24) is 0 Å². The molecule has 1 saturated heterocycles. The Morgan fingerprint density at radius 2 is 1.60 bits per heavy atom. The maximum absolute atomic E-state index is 4.72. The molecule has 0 aromatic carbocycles. The van der Waals surface area contributed by atoms with E-state index in [0.717, 1.165) is 13.2 Å². The van der Waals surface area contributed by atoms with Crippen LogP contribution in [0, 0.1) is 0 Å². The van der Waals surface area contributed by atoms with Gasteiger partial charge in [-0.05, 0) is 20.8 Å². The van der Waals surface area contributed by atoms with Crippen LogP contribution in [0.25, 0.3) is 0 Å². The molecular weight excluding hydrogens is 128 g/mol. The van der Waals surface area contributed by atoms with Crippen molar-refractivity contribution in [3.8, 4) is 0 Å². The molecule has 2 heteroatoms. The minimum absolute atomic E-state index is 0.500. The van der Waals surface area contributed by atoms with Gasteiger partial charge < -0.3 is 9.47 Å². The number of hydrogen-bond acceptors (Lipinski definition) is 2. The Balaban J connectivity index is 0.000000162. The second-order valence-electron chi connectivity index (χ2n) is 2.30. The van der Waals surface area contributed by atoms with Gasteiger partial charge >= 0.3 is 0 Å². The van der Waals surface area contributed by atoms with Gasteiger partial charge in [0, 0.05) is 0 Å². The van der Waals surface area contributed by atoms with Gasteiger partial charge in [-0.15, -0.1) is 0 Å². The third-order valence-electron chi connectivity index (χ3n) is 1.12. The highest BCUT2D eigenvalue weighted by molar-refractivity contribution is 4.88. The van der Waals surface area contributed by atoms with E-state index in [-0.39, 0.29) is 0 Å². The Bertz CT molecular complexity index is 81.8. The highest BCUT2D eigenvalue weighted by Gasteiger charge is 1.93. The predicted molar refractivity (Wildman–Crippen MR) is 41.9 cm³/mol. The molecule has 1 rings (SSSR count). The zero-order chi connectivity index (χ0) is 7.82. The van der Waals surface area contributed by atoms with Gasteiger partial charge in [0.1, 0.15) is 6.79 Å². The quantitative estimate of drug-likeness (QED) is 0.484. The zero-order valence-corrected chi connectivity index (χ0v) is 7.02. The van der Waals surface area contributed by atoms with Gasteiger partial charge in [-0.25, -0.2) is 0 Å². The lowest BCUT2D eigenvalue weighted by atomic mass is 10.3. The first-order valence-electron chi connectivity index (χ1n) is 3.52. The molecule has 0 atom stereocenters. The molecule has 0 bridgehead atoms. The molecule has 0 N–H and O–H groups in total. The van der Waals surface area contributed by atoms with E-state index in [1.54, 1.807) is 0 Å². The molecule has 1 aliphatic rings. The van der Waals surface area contributed by atoms with Crippen molar-refractivity contribution in [3.63, 3.8) is 0 Å². The second-order valence-corrected chi connectivity index (χ2v) is 2.30. The average molecular weight is 144 g/mol. The number of hydrogen-bond donors (Lipinski definition) is 0. The van der Waals surface area contributed by atoms with Gasteiger partial charge in [-0.3, -0.25) is 0 Å². The number of rotatable bonds is 0. The summed E-state index contributed by atoms with van der Waals surface area (Å²) in [6, 6.07) is 0. The fourth-order valence-corrected chi connectivity index (χ4v) is 0.295. The highest BCUT2D eigenvalue weighted by atomic mass is 16.7. The van der Waals surface area contributed by atoms with E-state index >= 15 is 0 Å². The molecule has 10 heavy (non-hydrogen) atoms. The SMILES string of the molecule is C1COCO1.CC=C(C)C. The van der Waals surface area contributed by atoms with Crippen molar-refractivity contribution >= 4 is 0 Å². The maximum Gasteiger partial charge on any atom is 0.146 e. The van der Waals surface area contributed by atoms with Crippen LogP contribution in [-0.2, 0) is 9.47 Å². The van der Waals surface area contributed by atoms with Crippen molar-refractivity contribution in [3.05, 3.63) is 11.6 Å². The van der Waals surface area contributed by atoms with Gasteiger partial charge in [0.25, 0.3) is 0 Å². The number of ether oxygens (including phenoxy) is 2. The summed E-state index contributed by atoms with van der Waals surface area (Å²) in [5.74, 6) is 0. The van der Waals surface area contributed by atoms with E-state index in [1.165, 1.54) is 5.57 Å². The number of allylic oxidation sites excluding steroid dienone is 2. The van der Waals surface area contributed by atoms with Crippen LogP contribution in [0.4, 0.5) is 0 Å². The lowest BCUT2D eigenvalue weighted by Crippen LogP contribution is -1.79. The lowest BCUT2D eigenvalue weighted by Gasteiger charge is -1.76. The fourth-order valence-electron chi connectivity index (χ4n) is 0.295. The summed E-state index contributed by atoms with van der Waals surface area (Å²) in [6.07, 6.45) is 2.08. The average Bonchev–Trinajstić information content (AvgIpc) is 2.43. The van der Waals surface area contributed by atoms with Crippen molar-refractivity contribution in [2.24, 2.45) is 0 Å². The maximum atomic E-state index is 4.72. The summed E-state index contributed by atoms with van der Waals surface area (Å²) in [7, 11) is 0. The fraction of sp³-hybridized carbons (Fsp3) is 0.750. The molecule has 0 spiro atoms. The monoisotopic (exact) mass is 144 g/mol. The molecule has 0 radical (unpaired) electrons. The van der Waals surface area contributed by atoms with Crippen molar-refractivity contribution in [1.29, 1.82) is 0 Å². The van der Waals surface area contributed by atoms with E-state index in [0.29, 0.717) is 6.79 Å². The van der Waals surface area contributed by atoms with Crippen molar-refractivity contribution < 1.29 is 9.47 Å². The Hall–Kier alpha value is -0.340. The smallest absolute Gasteiger partial charge is 0.146 e. The molecule has 1 fully saturated rings. The van der Waals surface area contributed by atoms with Crippen molar-refractivity contribution in [2.45, 2.75) is 20.8 Å². The molecule has 0 unspecified atom stereocenters. The summed E-state index contributed by atoms with van der Waals surface area (Å²) in [4.78, 5) is 0. The Labute approximate surface area is 62.8 Å². The van der Waals surface area contributed by atoms with Crippen LogP contribution in [0.15, 0.2) is 11.6 Å². The van der Waals surface area contributed by atoms with Crippen LogP contribution in [-0.4, -0.2) is 20.0 Å². The summed E-state index contributed by atoms with van der Waals surface area (Å²) >= 11 is 0. The van der Waals surface area contributed by atoms with Crippen LogP contribution in [0.2, 0.25) is 0 Å². The van der Waals surface area contributed by atoms with Gasteiger partial charge in [0.2, 0.25) is 0 Å². The summed E-state index contributed by atoms with van der Waals surface area (Å²) in [5, 5.41) is 0. The van der Waals surface area contributed by atoms with Gasteiger partial charge in [-0.2, -0.15) is 0 Å². The van der Waals surface area contributed by atoms with Crippen molar-refractivity contribution in [2.75, 3.05) is 20.0 Å². The minimum Gasteiger partial charge on any atom is -0.353 e. The van der Waals surface area contributed by atoms with Crippen LogP contribution >= 0.6 is 0 Å². The first-order valence-corrected chi connectivity index (χ1v) is 3.52. The molecule has 0 aliphatic carbocycles. The summed E-state index contributed by atoms with van der Waals surface area (Å²) in [5.41, 5.74) is 1.38. The Morgan fingerprint density at radius 3 is 1.70 bits per heavy atom. The third-order valence-corrected chi connectivity index (χ3v) is 1.12. The van der Waals surface area contributed by atoms with Crippen LogP contribution < -0.4 is 0 Å². The second kappa shape index (κ2) is 6.78. The molecule has 0 amide bonds. The topological polar surface area (TPSA) is 18.5 Å². The van der Waals surface area contributed by atoms with Gasteiger partial charge in [0.15, 0.2) is 0 Å². The van der Waals surface area contributed by atoms with Crippen LogP contribution in [0.3, 0.4) is 0 Å². The first-order chi connectivity index (χ1) is 4.77. The predicted octanol–water partition coefficient (Wildman–Crippen LogP) is 1.96. The molecule has 0 aromatic rings. The Kier molecular flexibility index (Phi) is 6.55. The molecule has 60 valence electrons. The molecule has 2 nitrogen and oxygen atoms in total. The van der Waals surface area contributed by atoms with E-state index in [4.69, 9.17) is 9.47 Å². The summed E-state index contributed by atoms with van der Waals surface area (Å²) < 4.78 is 9.44. The highest BCUT2D eigenvalue weighted by Crippen LogP contribution is 1.85. The normalized spacial score (nSPS) is 15.5.